The summed E-state index contributed by atoms with van der Waals surface area (Å²) in [4.78, 5) is 0. The van der Waals surface area contributed by atoms with Gasteiger partial charge in [0.05, 0.1) is 27.5 Å². The summed E-state index contributed by atoms with van der Waals surface area (Å²) >= 11 is 0. The monoisotopic (exact) mass is 477 g/mol. The van der Waals surface area contributed by atoms with Gasteiger partial charge in [-0.3, -0.25) is 0 Å². The molecule has 4 heteroatoms. The third-order valence-electron chi connectivity index (χ3n) is 6.44. The Morgan fingerprint density at radius 2 is 0.912 bits per heavy atom. The van der Waals surface area contributed by atoms with Crippen molar-refractivity contribution in [1.29, 1.82) is 0 Å². The van der Waals surface area contributed by atoms with Gasteiger partial charge >= 0.3 is 0 Å². The Morgan fingerprint density at radius 1 is 0.559 bits per heavy atom. The lowest BCUT2D eigenvalue weighted by Gasteiger charge is -2.28. The first-order chi connectivity index (χ1) is 16.7. The summed E-state index contributed by atoms with van der Waals surface area (Å²) in [6.45, 7) is 3.84. The molecule has 180 valence electrons. The van der Waals surface area contributed by atoms with E-state index in [1.807, 2.05) is 6.08 Å². The maximum atomic E-state index is 5.47. The second kappa shape index (κ2) is 13.2. The molecule has 3 aromatic carbocycles. The average Bonchev–Trinajstić information content (AvgIpc) is 2.91. The van der Waals surface area contributed by atoms with Crippen LogP contribution in [0.25, 0.3) is 0 Å². The van der Waals surface area contributed by atoms with E-state index in [1.165, 1.54) is 48.0 Å². The number of unbranched alkanes of at least 4 members (excludes halogenated alkanes) is 5. The Morgan fingerprint density at radius 3 is 1.26 bits per heavy atom. The van der Waals surface area contributed by atoms with Crippen molar-refractivity contribution >= 4 is 23.2 Å². The van der Waals surface area contributed by atoms with Gasteiger partial charge in [-0.2, -0.15) is 0 Å². The standard InChI is InChI=1S/C30H38O3P/c1-5-6-7-8-9-10-11-24-34(28-18-12-25(31-2)13-19-28,29-20-14-26(32-3)15-21-29)30-22-16-27(33-4)17-23-30/h5,12-23H,1,6-11,24H2,2-4H3/q+1. The minimum absolute atomic E-state index is 0.883. The van der Waals surface area contributed by atoms with Gasteiger partial charge in [0.15, 0.2) is 0 Å². The molecule has 0 aliphatic carbocycles. The van der Waals surface area contributed by atoms with E-state index in [9.17, 15) is 0 Å². The van der Waals surface area contributed by atoms with Gasteiger partial charge < -0.3 is 14.2 Å². The topological polar surface area (TPSA) is 27.7 Å². The third-order valence-corrected chi connectivity index (χ3v) is 11.0. The van der Waals surface area contributed by atoms with Crippen LogP contribution in [0.1, 0.15) is 38.5 Å². The molecule has 0 saturated carbocycles. The molecule has 0 aliphatic heterocycles. The van der Waals surface area contributed by atoms with E-state index in [-0.39, 0.29) is 0 Å². The molecule has 0 bridgehead atoms. The third kappa shape index (κ3) is 6.21. The van der Waals surface area contributed by atoms with Gasteiger partial charge in [0, 0.05) is 0 Å². The van der Waals surface area contributed by atoms with Gasteiger partial charge in [-0.1, -0.05) is 18.9 Å². The molecular weight excluding hydrogens is 439 g/mol. The maximum absolute atomic E-state index is 5.47. The van der Waals surface area contributed by atoms with Crippen LogP contribution in [-0.2, 0) is 0 Å². The molecular formula is C30H38O3P+. The van der Waals surface area contributed by atoms with Crippen LogP contribution in [-0.4, -0.2) is 27.5 Å². The summed E-state index contributed by atoms with van der Waals surface area (Å²) in [5.41, 5.74) is 0. The fourth-order valence-electron chi connectivity index (χ4n) is 4.51. The lowest BCUT2D eigenvalue weighted by Crippen LogP contribution is -2.33. The van der Waals surface area contributed by atoms with E-state index in [4.69, 9.17) is 14.2 Å². The van der Waals surface area contributed by atoms with Crippen LogP contribution < -0.4 is 30.1 Å². The van der Waals surface area contributed by atoms with Crippen LogP contribution in [0.2, 0.25) is 0 Å². The number of rotatable bonds is 14. The van der Waals surface area contributed by atoms with Crippen molar-refractivity contribution < 1.29 is 14.2 Å². The highest BCUT2D eigenvalue weighted by Crippen LogP contribution is 2.56. The molecule has 0 N–H and O–H groups in total. The lowest BCUT2D eigenvalue weighted by molar-refractivity contribution is 0.415. The molecule has 3 nitrogen and oxygen atoms in total. The Balaban J connectivity index is 2.04. The molecule has 3 rings (SSSR count). The van der Waals surface area contributed by atoms with Crippen LogP contribution >= 0.6 is 7.26 Å². The van der Waals surface area contributed by atoms with E-state index in [0.29, 0.717) is 0 Å². The first-order valence-corrected chi connectivity index (χ1v) is 14.1. The second-order valence-corrected chi connectivity index (χ2v) is 12.1. The zero-order valence-electron chi connectivity index (χ0n) is 20.8. The normalized spacial score (nSPS) is 11.1. The zero-order valence-corrected chi connectivity index (χ0v) is 21.7. The number of benzene rings is 3. The van der Waals surface area contributed by atoms with E-state index in [1.54, 1.807) is 21.3 Å². The van der Waals surface area contributed by atoms with Crippen molar-refractivity contribution in [2.75, 3.05) is 27.5 Å². The van der Waals surface area contributed by atoms with Crippen molar-refractivity contribution in [2.24, 2.45) is 0 Å². The van der Waals surface area contributed by atoms with Gasteiger partial charge in [-0.05, 0) is 98.5 Å². The molecule has 0 amide bonds. The highest BCUT2D eigenvalue weighted by Gasteiger charge is 2.44. The lowest BCUT2D eigenvalue weighted by atomic mass is 10.1. The van der Waals surface area contributed by atoms with E-state index < -0.39 is 7.26 Å². The van der Waals surface area contributed by atoms with E-state index in [2.05, 4.69) is 79.4 Å². The van der Waals surface area contributed by atoms with Crippen LogP contribution in [0.3, 0.4) is 0 Å². The van der Waals surface area contributed by atoms with E-state index in [0.717, 1.165) is 29.8 Å². The van der Waals surface area contributed by atoms with Crippen LogP contribution in [0.5, 0.6) is 17.2 Å². The van der Waals surface area contributed by atoms with Crippen molar-refractivity contribution in [2.45, 2.75) is 38.5 Å². The molecule has 0 atom stereocenters. The van der Waals surface area contributed by atoms with Crippen molar-refractivity contribution in [1.82, 2.24) is 0 Å². The number of hydrogen-bond donors (Lipinski definition) is 0. The minimum Gasteiger partial charge on any atom is -0.497 e. The Labute approximate surface area is 206 Å². The molecule has 0 radical (unpaired) electrons. The smallest absolute Gasteiger partial charge is 0.119 e. The Hall–Kier alpha value is -2.77. The van der Waals surface area contributed by atoms with Gasteiger partial charge in [0.2, 0.25) is 0 Å². The maximum Gasteiger partial charge on any atom is 0.119 e. The fourth-order valence-corrected chi connectivity index (χ4v) is 8.85. The van der Waals surface area contributed by atoms with Crippen LogP contribution in [0.4, 0.5) is 0 Å². The molecule has 0 aromatic heterocycles. The first kappa shape index (κ1) is 25.8. The van der Waals surface area contributed by atoms with Crippen molar-refractivity contribution in [3.63, 3.8) is 0 Å². The number of methoxy groups -OCH3 is 3. The van der Waals surface area contributed by atoms with Crippen LogP contribution in [0.15, 0.2) is 85.5 Å². The summed E-state index contributed by atoms with van der Waals surface area (Å²) in [7, 11) is 3.27. The summed E-state index contributed by atoms with van der Waals surface area (Å²) in [5.74, 6) is 2.65. The van der Waals surface area contributed by atoms with Gasteiger partial charge in [-0.15, -0.1) is 6.58 Å². The quantitative estimate of drug-likeness (QED) is 0.150. The van der Waals surface area contributed by atoms with Gasteiger partial charge in [0.25, 0.3) is 0 Å². The molecule has 0 saturated heterocycles. The molecule has 0 fully saturated rings. The highest BCUT2D eigenvalue weighted by atomic mass is 31.2. The molecule has 3 aromatic rings. The summed E-state index contributed by atoms with van der Waals surface area (Å²) in [6.07, 6.45) is 10.5. The molecule has 0 spiro atoms. The summed E-state index contributed by atoms with van der Waals surface area (Å²) < 4.78 is 16.4. The second-order valence-electron chi connectivity index (χ2n) is 8.47. The summed E-state index contributed by atoms with van der Waals surface area (Å²) in [5, 5.41) is 4.11. The first-order valence-electron chi connectivity index (χ1n) is 12.1. The average molecular weight is 478 g/mol. The fraction of sp³-hybridized carbons (Fsp3) is 0.333. The Kier molecular flexibility index (Phi) is 10.0. The summed E-state index contributed by atoms with van der Waals surface area (Å²) in [6, 6.07) is 26.1. The SMILES string of the molecule is C=CCCCCCCC[P+](c1ccc(OC)cc1)(c1ccc(OC)cc1)c1ccc(OC)cc1. The number of allylic oxidation sites excluding steroid dienone is 1. The minimum atomic E-state index is -1.89. The largest absolute Gasteiger partial charge is 0.497 e. The highest BCUT2D eigenvalue weighted by molar-refractivity contribution is 7.95. The predicted molar refractivity (Wildman–Crippen MR) is 148 cm³/mol. The molecule has 34 heavy (non-hydrogen) atoms. The van der Waals surface area contributed by atoms with Gasteiger partial charge in [-0.25, -0.2) is 0 Å². The van der Waals surface area contributed by atoms with Crippen molar-refractivity contribution in [3.8, 4) is 17.2 Å². The van der Waals surface area contributed by atoms with Gasteiger partial charge in [0.1, 0.15) is 40.4 Å². The Bertz CT molecular complexity index is 879. The number of hydrogen-bond acceptors (Lipinski definition) is 3. The molecule has 0 unspecified atom stereocenters. The zero-order chi connectivity index (χ0) is 24.2. The number of ether oxygens (including phenoxy) is 3. The predicted octanol–water partition coefficient (Wildman–Crippen LogP) is 6.53. The molecule has 0 aliphatic rings. The van der Waals surface area contributed by atoms with Crippen LogP contribution in [0, 0.1) is 0 Å². The molecule has 0 heterocycles. The van der Waals surface area contributed by atoms with Crippen molar-refractivity contribution in [3.05, 3.63) is 85.5 Å². The van der Waals surface area contributed by atoms with E-state index >= 15 is 0 Å².